The number of piperidine rings is 1. The average molecular weight is 284 g/mol. The van der Waals surface area contributed by atoms with Crippen molar-refractivity contribution in [3.05, 3.63) is 24.3 Å². The zero-order valence-corrected chi connectivity index (χ0v) is 11.9. The minimum absolute atomic E-state index is 0.269. The fourth-order valence-corrected chi connectivity index (χ4v) is 4.05. The number of hydrogen-bond acceptors (Lipinski definition) is 4. The third-order valence-corrected chi connectivity index (χ3v) is 5.24. The summed E-state index contributed by atoms with van der Waals surface area (Å²) in [7, 11) is -1.79. The summed E-state index contributed by atoms with van der Waals surface area (Å²) in [5, 5.41) is 0. The minimum atomic E-state index is -3.44. The Labute approximate surface area is 114 Å². The van der Waals surface area contributed by atoms with E-state index in [-0.39, 0.29) is 10.8 Å². The molecule has 1 aromatic rings. The molecule has 106 valence electrons. The maximum absolute atomic E-state index is 12.5. The zero-order valence-electron chi connectivity index (χ0n) is 11.1. The number of benzene rings is 1. The Kier molecular flexibility index (Phi) is 4.44. The minimum Gasteiger partial charge on any atom is -0.399 e. The number of nitrogens with zero attached hydrogens (tertiary/aromatic N) is 1. The van der Waals surface area contributed by atoms with E-state index < -0.39 is 10.0 Å². The third-order valence-electron chi connectivity index (χ3n) is 3.38. The molecule has 1 aromatic carbocycles. The van der Waals surface area contributed by atoms with E-state index in [1.165, 1.54) is 10.4 Å². The van der Waals surface area contributed by atoms with Gasteiger partial charge in [0.25, 0.3) is 0 Å². The first-order valence-corrected chi connectivity index (χ1v) is 7.82. The molecule has 1 unspecified atom stereocenters. The Morgan fingerprint density at radius 3 is 2.95 bits per heavy atom. The number of rotatable bonds is 4. The summed E-state index contributed by atoms with van der Waals surface area (Å²) in [5.74, 6) is 0.273. The fraction of sp³-hybridized carbons (Fsp3) is 0.538. The number of nitrogen functional groups attached to an aromatic ring is 1. The molecule has 2 N–H and O–H groups in total. The smallest absolute Gasteiger partial charge is 0.243 e. The van der Waals surface area contributed by atoms with Crippen LogP contribution in [0.1, 0.15) is 12.8 Å². The number of hydrogen-bond donors (Lipinski definition) is 1. The van der Waals surface area contributed by atoms with E-state index in [1.807, 2.05) is 0 Å². The Balaban J connectivity index is 2.19. The van der Waals surface area contributed by atoms with Gasteiger partial charge >= 0.3 is 0 Å². The second-order valence-electron chi connectivity index (χ2n) is 4.90. The van der Waals surface area contributed by atoms with Crippen LogP contribution in [0, 0.1) is 5.92 Å². The second kappa shape index (κ2) is 5.90. The molecule has 0 aliphatic carbocycles. The predicted molar refractivity (Wildman–Crippen MR) is 74.2 cm³/mol. The molecule has 0 radical (unpaired) electrons. The number of ether oxygens (including phenoxy) is 1. The van der Waals surface area contributed by atoms with Gasteiger partial charge in [0.1, 0.15) is 0 Å². The van der Waals surface area contributed by atoms with Crippen LogP contribution in [0.5, 0.6) is 0 Å². The van der Waals surface area contributed by atoms with Crippen molar-refractivity contribution in [2.45, 2.75) is 17.7 Å². The van der Waals surface area contributed by atoms with E-state index in [9.17, 15) is 8.42 Å². The second-order valence-corrected chi connectivity index (χ2v) is 6.84. The summed E-state index contributed by atoms with van der Waals surface area (Å²) in [4.78, 5) is 0.269. The molecule has 5 nitrogen and oxygen atoms in total. The van der Waals surface area contributed by atoms with Crippen LogP contribution in [-0.2, 0) is 14.8 Å². The molecule has 0 saturated carbocycles. The van der Waals surface area contributed by atoms with Gasteiger partial charge in [-0.1, -0.05) is 6.07 Å². The highest BCUT2D eigenvalue weighted by molar-refractivity contribution is 7.89. The van der Waals surface area contributed by atoms with Crippen LogP contribution >= 0.6 is 0 Å². The van der Waals surface area contributed by atoms with Crippen LogP contribution in [0.2, 0.25) is 0 Å². The van der Waals surface area contributed by atoms with Crippen LogP contribution in [0.4, 0.5) is 5.69 Å². The van der Waals surface area contributed by atoms with Crippen molar-refractivity contribution in [2.24, 2.45) is 5.92 Å². The molecule has 1 aliphatic heterocycles. The molecule has 1 heterocycles. The summed E-state index contributed by atoms with van der Waals surface area (Å²) in [6.07, 6.45) is 1.88. The quantitative estimate of drug-likeness (QED) is 0.846. The molecule has 0 bridgehead atoms. The number of nitrogens with two attached hydrogens (primary N) is 1. The van der Waals surface area contributed by atoms with Crippen LogP contribution in [-0.4, -0.2) is 39.5 Å². The lowest BCUT2D eigenvalue weighted by Crippen LogP contribution is -2.41. The first-order valence-electron chi connectivity index (χ1n) is 6.38. The highest BCUT2D eigenvalue weighted by Crippen LogP contribution is 2.24. The highest BCUT2D eigenvalue weighted by atomic mass is 32.2. The average Bonchev–Trinajstić information content (AvgIpc) is 2.39. The molecule has 1 atom stereocenters. The van der Waals surface area contributed by atoms with Crippen LogP contribution < -0.4 is 5.73 Å². The summed E-state index contributed by atoms with van der Waals surface area (Å²) in [6.45, 7) is 1.69. The van der Waals surface area contributed by atoms with Gasteiger partial charge in [0.2, 0.25) is 10.0 Å². The Bertz CT molecular complexity index is 528. The van der Waals surface area contributed by atoms with Gasteiger partial charge in [-0.25, -0.2) is 8.42 Å². The zero-order chi connectivity index (χ0) is 13.9. The molecule has 0 spiro atoms. The van der Waals surface area contributed by atoms with Crippen molar-refractivity contribution in [1.82, 2.24) is 4.31 Å². The Morgan fingerprint density at radius 1 is 1.47 bits per heavy atom. The monoisotopic (exact) mass is 284 g/mol. The predicted octanol–water partition coefficient (Wildman–Crippen LogP) is 1.32. The van der Waals surface area contributed by atoms with E-state index >= 15 is 0 Å². The first-order chi connectivity index (χ1) is 9.04. The van der Waals surface area contributed by atoms with Crippen molar-refractivity contribution >= 4 is 15.7 Å². The van der Waals surface area contributed by atoms with Gasteiger partial charge in [-0.05, 0) is 37.0 Å². The van der Waals surface area contributed by atoms with Crippen molar-refractivity contribution in [3.8, 4) is 0 Å². The first kappa shape index (κ1) is 14.3. The van der Waals surface area contributed by atoms with Crippen molar-refractivity contribution in [3.63, 3.8) is 0 Å². The maximum atomic E-state index is 12.5. The van der Waals surface area contributed by atoms with Gasteiger partial charge in [-0.3, -0.25) is 0 Å². The summed E-state index contributed by atoms with van der Waals surface area (Å²) in [6, 6.07) is 6.45. The van der Waals surface area contributed by atoms with Crippen LogP contribution in [0.15, 0.2) is 29.2 Å². The summed E-state index contributed by atoms with van der Waals surface area (Å²) >= 11 is 0. The van der Waals surface area contributed by atoms with Gasteiger partial charge in [0.15, 0.2) is 0 Å². The molecule has 0 amide bonds. The van der Waals surface area contributed by atoms with Crippen molar-refractivity contribution in [1.29, 1.82) is 0 Å². The van der Waals surface area contributed by atoms with Gasteiger partial charge in [0.05, 0.1) is 11.5 Å². The van der Waals surface area contributed by atoms with Gasteiger partial charge < -0.3 is 10.5 Å². The van der Waals surface area contributed by atoms with E-state index in [1.54, 1.807) is 25.3 Å². The van der Waals surface area contributed by atoms with Crippen LogP contribution in [0.25, 0.3) is 0 Å². The SMILES string of the molecule is COCC1CCCN(S(=O)(=O)c2cccc(N)c2)C1. The summed E-state index contributed by atoms with van der Waals surface area (Å²) in [5.41, 5.74) is 6.12. The Hall–Kier alpha value is -1.11. The van der Waals surface area contributed by atoms with E-state index in [4.69, 9.17) is 10.5 Å². The number of anilines is 1. The number of methoxy groups -OCH3 is 1. The lowest BCUT2D eigenvalue weighted by atomic mass is 10.0. The molecule has 1 aliphatic rings. The van der Waals surface area contributed by atoms with E-state index in [0.717, 1.165) is 12.8 Å². The Morgan fingerprint density at radius 2 is 2.26 bits per heavy atom. The van der Waals surface area contributed by atoms with E-state index in [0.29, 0.717) is 25.4 Å². The lowest BCUT2D eigenvalue weighted by molar-refractivity contribution is 0.118. The fourth-order valence-electron chi connectivity index (χ4n) is 2.44. The van der Waals surface area contributed by atoms with Gasteiger partial charge in [-0.15, -0.1) is 0 Å². The molecule has 19 heavy (non-hydrogen) atoms. The topological polar surface area (TPSA) is 72.6 Å². The lowest BCUT2D eigenvalue weighted by Gasteiger charge is -2.31. The highest BCUT2D eigenvalue weighted by Gasteiger charge is 2.30. The maximum Gasteiger partial charge on any atom is 0.243 e. The van der Waals surface area contributed by atoms with Gasteiger partial charge in [-0.2, -0.15) is 4.31 Å². The molecule has 2 rings (SSSR count). The molecule has 1 saturated heterocycles. The molecule has 0 aromatic heterocycles. The van der Waals surface area contributed by atoms with Crippen LogP contribution in [0.3, 0.4) is 0 Å². The molecular formula is C13H20N2O3S. The molecular weight excluding hydrogens is 264 g/mol. The number of sulfonamides is 1. The van der Waals surface area contributed by atoms with E-state index in [2.05, 4.69) is 0 Å². The normalized spacial score (nSPS) is 21.4. The summed E-state index contributed by atoms with van der Waals surface area (Å²) < 4.78 is 31.7. The third kappa shape index (κ3) is 3.26. The van der Waals surface area contributed by atoms with Crippen molar-refractivity contribution < 1.29 is 13.2 Å². The largest absolute Gasteiger partial charge is 0.399 e. The standard InChI is InChI=1S/C13H20N2O3S/c1-18-10-11-4-3-7-15(9-11)19(16,17)13-6-2-5-12(14)8-13/h2,5-6,8,11H,3-4,7,9-10,14H2,1H3. The molecule has 6 heteroatoms. The molecule has 1 fully saturated rings. The van der Waals surface area contributed by atoms with Gasteiger partial charge in [0, 0.05) is 25.9 Å². The van der Waals surface area contributed by atoms with Crippen molar-refractivity contribution in [2.75, 3.05) is 32.5 Å².